The van der Waals surface area contributed by atoms with Gasteiger partial charge in [-0.25, -0.2) is 9.97 Å². The number of fused-ring (bicyclic) bond motifs is 1. The number of rotatable bonds is 6. The van der Waals surface area contributed by atoms with Gasteiger partial charge in [0.1, 0.15) is 5.52 Å². The smallest absolute Gasteiger partial charge is 0.190 e. The molecule has 4 rings (SSSR count). The summed E-state index contributed by atoms with van der Waals surface area (Å²) in [7, 11) is 0. The van der Waals surface area contributed by atoms with Crippen molar-refractivity contribution in [3.8, 4) is 11.3 Å². The van der Waals surface area contributed by atoms with Crippen LogP contribution in [0.3, 0.4) is 0 Å². The van der Waals surface area contributed by atoms with Crippen LogP contribution in [0, 0.1) is 0 Å². The molecule has 4 aromatic rings. The van der Waals surface area contributed by atoms with E-state index in [0.717, 1.165) is 44.5 Å². The van der Waals surface area contributed by atoms with Gasteiger partial charge in [-0.1, -0.05) is 69.8 Å². The van der Waals surface area contributed by atoms with Gasteiger partial charge in [-0.3, -0.25) is 10.1 Å². The molecule has 1 aromatic carbocycles. The molecule has 7 heteroatoms. The predicted molar refractivity (Wildman–Crippen MR) is 126 cm³/mol. The molecule has 0 aliphatic heterocycles. The molecule has 156 valence electrons. The number of hydrogen-bond acceptors (Lipinski definition) is 6. The predicted octanol–water partition coefficient (Wildman–Crippen LogP) is 5.90. The first kappa shape index (κ1) is 21.8. The summed E-state index contributed by atoms with van der Waals surface area (Å²) >= 11 is 1.53. The van der Waals surface area contributed by atoms with Crippen molar-refractivity contribution < 1.29 is 0 Å². The topological polar surface area (TPSA) is 79.4 Å². The molecule has 0 saturated carbocycles. The Morgan fingerprint density at radius 1 is 1.00 bits per heavy atom. The Bertz CT molecular complexity index is 1070. The third-order valence-electron chi connectivity index (χ3n) is 4.54. The zero-order valence-corrected chi connectivity index (χ0v) is 18.9. The highest BCUT2D eigenvalue weighted by molar-refractivity contribution is 7.98. The number of anilines is 1. The van der Waals surface area contributed by atoms with Crippen LogP contribution in [0.2, 0.25) is 0 Å². The van der Waals surface area contributed by atoms with Gasteiger partial charge in [0.2, 0.25) is 0 Å². The van der Waals surface area contributed by atoms with E-state index in [1.54, 1.807) is 0 Å². The van der Waals surface area contributed by atoms with Crippen molar-refractivity contribution in [2.75, 3.05) is 11.6 Å². The van der Waals surface area contributed by atoms with Gasteiger partial charge in [0, 0.05) is 18.3 Å². The highest BCUT2D eigenvalue weighted by Gasteiger charge is 2.16. The Morgan fingerprint density at radius 3 is 2.40 bits per heavy atom. The van der Waals surface area contributed by atoms with Gasteiger partial charge in [0.25, 0.3) is 0 Å². The van der Waals surface area contributed by atoms with E-state index >= 15 is 0 Å². The van der Waals surface area contributed by atoms with Crippen molar-refractivity contribution in [2.24, 2.45) is 0 Å². The van der Waals surface area contributed by atoms with Crippen molar-refractivity contribution in [3.63, 3.8) is 0 Å². The Balaban J connectivity index is 0.00000124. The monoisotopic (exact) mass is 420 g/mol. The zero-order valence-electron chi connectivity index (χ0n) is 18.1. The number of thioether (sulfide) groups is 1. The standard InChI is InChI=1S/C21H22N6S.C2H6/c1-13(2)17-18-19(27-26-17)20(25-21(24-18)28-3)23-12-14-7-9-15(10-8-14)16-6-4-5-11-22-16;1-2/h4-11,13H,12H2,1-3H3,(H,26,27)(H,23,24,25);1-2H3. The van der Waals surface area contributed by atoms with Gasteiger partial charge in [0.15, 0.2) is 16.5 Å². The first-order valence-electron chi connectivity index (χ1n) is 10.2. The minimum atomic E-state index is 0.321. The Hall–Kier alpha value is -2.93. The van der Waals surface area contributed by atoms with E-state index in [1.165, 1.54) is 11.8 Å². The van der Waals surface area contributed by atoms with Crippen molar-refractivity contribution >= 4 is 28.6 Å². The number of aromatic nitrogens is 5. The Labute approximate surface area is 182 Å². The van der Waals surface area contributed by atoms with Crippen LogP contribution in [0.25, 0.3) is 22.3 Å². The summed E-state index contributed by atoms with van der Waals surface area (Å²) in [4.78, 5) is 13.7. The molecule has 0 amide bonds. The lowest BCUT2D eigenvalue weighted by Gasteiger charge is -2.09. The van der Waals surface area contributed by atoms with Gasteiger partial charge in [-0.05, 0) is 29.9 Å². The number of pyridine rings is 1. The first-order valence-corrected chi connectivity index (χ1v) is 11.4. The van der Waals surface area contributed by atoms with Crippen LogP contribution < -0.4 is 5.32 Å². The van der Waals surface area contributed by atoms with Crippen LogP contribution in [-0.2, 0) is 6.54 Å². The van der Waals surface area contributed by atoms with Crippen LogP contribution in [0.1, 0.15) is 44.9 Å². The molecule has 0 unspecified atom stereocenters. The van der Waals surface area contributed by atoms with Gasteiger partial charge in [0.05, 0.1) is 11.4 Å². The van der Waals surface area contributed by atoms with Gasteiger partial charge >= 0.3 is 0 Å². The number of nitrogens with zero attached hydrogens (tertiary/aromatic N) is 4. The van der Waals surface area contributed by atoms with E-state index in [9.17, 15) is 0 Å². The number of hydrogen-bond donors (Lipinski definition) is 2. The maximum absolute atomic E-state index is 4.65. The second-order valence-corrected chi connectivity index (χ2v) is 7.59. The quantitative estimate of drug-likeness (QED) is 0.299. The lowest BCUT2D eigenvalue weighted by molar-refractivity contribution is 0.814. The van der Waals surface area contributed by atoms with Gasteiger partial charge < -0.3 is 5.32 Å². The zero-order chi connectivity index (χ0) is 21.5. The maximum atomic E-state index is 4.65. The Kier molecular flexibility index (Phi) is 7.41. The summed E-state index contributed by atoms with van der Waals surface area (Å²) in [6, 6.07) is 14.3. The molecule has 0 fully saturated rings. The molecule has 2 N–H and O–H groups in total. The second kappa shape index (κ2) is 10.2. The molecular weight excluding hydrogens is 392 g/mol. The van der Waals surface area contributed by atoms with E-state index in [-0.39, 0.29) is 0 Å². The highest BCUT2D eigenvalue weighted by Crippen LogP contribution is 2.28. The van der Waals surface area contributed by atoms with Crippen LogP contribution in [-0.4, -0.2) is 31.4 Å². The van der Waals surface area contributed by atoms with Crippen molar-refractivity contribution in [3.05, 3.63) is 59.9 Å². The summed E-state index contributed by atoms with van der Waals surface area (Å²) in [5, 5.41) is 11.7. The average Bonchev–Trinajstić information content (AvgIpc) is 3.24. The van der Waals surface area contributed by atoms with Crippen molar-refractivity contribution in [1.29, 1.82) is 0 Å². The lowest BCUT2D eigenvalue weighted by Crippen LogP contribution is -2.04. The molecule has 3 heterocycles. The van der Waals surface area contributed by atoms with Crippen LogP contribution in [0.4, 0.5) is 5.82 Å². The van der Waals surface area contributed by atoms with E-state index in [0.29, 0.717) is 12.5 Å². The van der Waals surface area contributed by atoms with E-state index in [1.807, 2.05) is 44.5 Å². The molecule has 6 nitrogen and oxygen atoms in total. The molecule has 0 bridgehead atoms. The van der Waals surface area contributed by atoms with Crippen LogP contribution >= 0.6 is 11.8 Å². The minimum Gasteiger partial charge on any atom is -0.364 e. The van der Waals surface area contributed by atoms with Crippen molar-refractivity contribution in [1.82, 2.24) is 25.1 Å². The molecule has 0 aliphatic carbocycles. The lowest BCUT2D eigenvalue weighted by atomic mass is 10.1. The first-order chi connectivity index (χ1) is 14.7. The number of benzene rings is 1. The van der Waals surface area contributed by atoms with Gasteiger partial charge in [-0.15, -0.1) is 0 Å². The molecule has 0 saturated heterocycles. The van der Waals surface area contributed by atoms with Gasteiger partial charge in [-0.2, -0.15) is 5.10 Å². The number of aromatic amines is 1. The molecule has 0 atom stereocenters. The largest absolute Gasteiger partial charge is 0.364 e. The summed E-state index contributed by atoms with van der Waals surface area (Å²) < 4.78 is 0. The molecule has 3 aromatic heterocycles. The van der Waals surface area contributed by atoms with E-state index in [2.05, 4.69) is 68.6 Å². The fraction of sp³-hybridized carbons (Fsp3) is 0.304. The average molecular weight is 421 g/mol. The third-order valence-corrected chi connectivity index (χ3v) is 5.09. The summed E-state index contributed by atoms with van der Waals surface area (Å²) in [6.45, 7) is 8.92. The molecule has 0 radical (unpaired) electrons. The number of nitrogens with one attached hydrogen (secondary N) is 2. The van der Waals surface area contributed by atoms with Crippen LogP contribution in [0.15, 0.2) is 53.8 Å². The maximum Gasteiger partial charge on any atom is 0.190 e. The summed E-state index contributed by atoms with van der Waals surface area (Å²) in [5.41, 5.74) is 5.95. The number of H-pyrrole nitrogens is 1. The molecule has 0 spiro atoms. The van der Waals surface area contributed by atoms with Crippen molar-refractivity contribution in [2.45, 2.75) is 45.3 Å². The molecule has 0 aliphatic rings. The van der Waals surface area contributed by atoms with E-state index in [4.69, 9.17) is 0 Å². The van der Waals surface area contributed by atoms with Crippen LogP contribution in [0.5, 0.6) is 0 Å². The minimum absolute atomic E-state index is 0.321. The summed E-state index contributed by atoms with van der Waals surface area (Å²) in [6.07, 6.45) is 3.79. The molecule has 30 heavy (non-hydrogen) atoms. The Morgan fingerprint density at radius 2 is 1.77 bits per heavy atom. The fourth-order valence-electron chi connectivity index (χ4n) is 3.03. The third kappa shape index (κ3) is 4.79. The SMILES string of the molecule is CC.CSc1nc(NCc2ccc(-c3ccccn3)cc2)c2n[nH]c(C(C)C)c2n1. The molecular formula is C23H28N6S. The normalized spacial score (nSPS) is 10.7. The summed E-state index contributed by atoms with van der Waals surface area (Å²) in [5.74, 6) is 1.08. The second-order valence-electron chi connectivity index (χ2n) is 6.81. The van der Waals surface area contributed by atoms with E-state index < -0.39 is 0 Å². The fourth-order valence-corrected chi connectivity index (χ4v) is 3.39. The highest BCUT2D eigenvalue weighted by atomic mass is 32.2.